The average molecular weight is 474 g/mol. The molecule has 0 spiro atoms. The summed E-state index contributed by atoms with van der Waals surface area (Å²) in [5.41, 5.74) is 1.46. The Morgan fingerprint density at radius 3 is 2.12 bits per heavy atom. The van der Waals surface area contributed by atoms with Crippen LogP contribution in [0.15, 0.2) is 71.9 Å². The van der Waals surface area contributed by atoms with Crippen molar-refractivity contribution in [3.8, 4) is 11.1 Å². The summed E-state index contributed by atoms with van der Waals surface area (Å²) in [7, 11) is -7.78. The van der Waals surface area contributed by atoms with E-state index in [1.165, 1.54) is 6.20 Å². The number of hydrogen-bond acceptors (Lipinski definition) is 8. The number of sulfone groups is 1. The minimum absolute atomic E-state index is 0.0911. The Kier molecular flexibility index (Phi) is 5.67. The zero-order valence-electron chi connectivity index (χ0n) is 16.6. The normalized spacial score (nSPS) is 12.0. The summed E-state index contributed by atoms with van der Waals surface area (Å²) < 4.78 is 54.1. The number of para-hydroxylation sites is 1. The monoisotopic (exact) mass is 473 g/mol. The molecule has 2 heterocycles. The van der Waals surface area contributed by atoms with Crippen molar-refractivity contribution in [1.82, 2.24) is 25.1 Å². The van der Waals surface area contributed by atoms with Gasteiger partial charge in [0.05, 0.1) is 6.20 Å². The molecule has 2 aromatic carbocycles. The van der Waals surface area contributed by atoms with Gasteiger partial charge in [0, 0.05) is 11.3 Å². The number of aromatic amines is 1. The van der Waals surface area contributed by atoms with Crippen LogP contribution in [0.25, 0.3) is 11.1 Å². The van der Waals surface area contributed by atoms with Crippen LogP contribution in [-0.4, -0.2) is 41.9 Å². The maximum absolute atomic E-state index is 13.0. The van der Waals surface area contributed by atoms with E-state index in [1.54, 1.807) is 54.6 Å². The Balaban J connectivity index is 1.55. The van der Waals surface area contributed by atoms with E-state index in [4.69, 9.17) is 5.84 Å². The first kappa shape index (κ1) is 21.5. The summed E-state index contributed by atoms with van der Waals surface area (Å²) in [6.07, 6.45) is 1.42. The summed E-state index contributed by atoms with van der Waals surface area (Å²) in [5.74, 6) is 4.54. The maximum atomic E-state index is 13.0. The van der Waals surface area contributed by atoms with E-state index in [1.807, 2.05) is 6.07 Å². The van der Waals surface area contributed by atoms with Gasteiger partial charge in [0.2, 0.25) is 19.9 Å². The second kappa shape index (κ2) is 8.43. The van der Waals surface area contributed by atoms with Crippen LogP contribution in [0.1, 0.15) is 11.6 Å². The van der Waals surface area contributed by atoms with Crippen LogP contribution in [0.3, 0.4) is 0 Å². The molecule has 4 aromatic rings. The number of benzene rings is 2. The molecule has 0 bridgehead atoms. The van der Waals surface area contributed by atoms with Gasteiger partial charge in [0.25, 0.3) is 0 Å². The summed E-state index contributed by atoms with van der Waals surface area (Å²) in [6.45, 7) is 0. The fourth-order valence-corrected chi connectivity index (χ4v) is 5.51. The van der Waals surface area contributed by atoms with E-state index in [0.29, 0.717) is 16.8 Å². The zero-order chi connectivity index (χ0) is 22.8. The first-order chi connectivity index (χ1) is 15.3. The van der Waals surface area contributed by atoms with Crippen LogP contribution in [0.5, 0.6) is 0 Å². The van der Waals surface area contributed by atoms with Gasteiger partial charge in [-0.3, -0.25) is 9.82 Å². The third-order valence-electron chi connectivity index (χ3n) is 4.52. The Morgan fingerprint density at radius 1 is 0.875 bits per heavy atom. The van der Waals surface area contributed by atoms with Crippen LogP contribution >= 0.6 is 0 Å². The van der Waals surface area contributed by atoms with Crippen LogP contribution in [0.2, 0.25) is 0 Å². The van der Waals surface area contributed by atoms with E-state index in [2.05, 4.69) is 25.1 Å². The fraction of sp³-hybridized carbons (Fsp3) is 0.105. The lowest BCUT2D eigenvalue weighted by atomic mass is 10.1. The van der Waals surface area contributed by atoms with Gasteiger partial charge in [-0.1, -0.05) is 48.5 Å². The standard InChI is InChI=1S/C19H19N7O4S2/c20-26-17(22-23-18(26)13-32(29,30)25-15-9-5-2-6-10-15)12-31(27,28)19-16(11-21-24-19)14-7-3-1-4-8-14/h1-11,25H,12-13,20H2,(H,21,24). The van der Waals surface area contributed by atoms with Gasteiger partial charge in [-0.05, 0) is 17.7 Å². The van der Waals surface area contributed by atoms with Gasteiger partial charge >= 0.3 is 0 Å². The van der Waals surface area contributed by atoms with Crippen molar-refractivity contribution >= 4 is 25.5 Å². The average Bonchev–Trinajstić information content (AvgIpc) is 3.38. The molecule has 0 aliphatic heterocycles. The van der Waals surface area contributed by atoms with Gasteiger partial charge in [0.15, 0.2) is 16.7 Å². The van der Waals surface area contributed by atoms with E-state index in [9.17, 15) is 16.8 Å². The molecule has 4 N–H and O–H groups in total. The van der Waals surface area contributed by atoms with Crippen molar-refractivity contribution in [2.24, 2.45) is 0 Å². The SMILES string of the molecule is Nn1c(CS(=O)(=O)Nc2ccccc2)nnc1CS(=O)(=O)c1[nH]ncc1-c1ccccc1. The predicted octanol–water partition coefficient (Wildman–Crippen LogP) is 1.30. The molecule has 0 fully saturated rings. The number of sulfonamides is 1. The maximum Gasteiger partial charge on any atom is 0.240 e. The molecule has 0 atom stereocenters. The lowest BCUT2D eigenvalue weighted by Crippen LogP contribution is -2.23. The molecule has 0 saturated heterocycles. The lowest BCUT2D eigenvalue weighted by Gasteiger charge is -2.08. The fourth-order valence-electron chi connectivity index (χ4n) is 3.03. The highest BCUT2D eigenvalue weighted by atomic mass is 32.2. The van der Waals surface area contributed by atoms with E-state index in [0.717, 1.165) is 4.68 Å². The number of rotatable bonds is 8. The number of nitrogen functional groups attached to an aromatic ring is 1. The first-order valence-electron chi connectivity index (χ1n) is 9.30. The number of anilines is 1. The third kappa shape index (κ3) is 4.63. The Labute approximate surface area is 184 Å². The van der Waals surface area contributed by atoms with Crippen LogP contribution < -0.4 is 10.6 Å². The van der Waals surface area contributed by atoms with Gasteiger partial charge in [-0.2, -0.15) is 5.10 Å². The second-order valence-electron chi connectivity index (χ2n) is 6.87. The molecule has 11 nitrogen and oxygen atoms in total. The molecule has 32 heavy (non-hydrogen) atoms. The zero-order valence-corrected chi connectivity index (χ0v) is 18.2. The van der Waals surface area contributed by atoms with Crippen molar-refractivity contribution in [2.75, 3.05) is 10.6 Å². The smallest absolute Gasteiger partial charge is 0.240 e. The van der Waals surface area contributed by atoms with Crippen molar-refractivity contribution in [1.29, 1.82) is 0 Å². The van der Waals surface area contributed by atoms with Crippen molar-refractivity contribution in [3.63, 3.8) is 0 Å². The Hall–Kier alpha value is -3.71. The quantitative estimate of drug-likeness (QED) is 0.322. The molecule has 2 aromatic heterocycles. The molecule has 0 radical (unpaired) electrons. The third-order valence-corrected chi connectivity index (χ3v) is 7.28. The summed E-state index contributed by atoms with van der Waals surface area (Å²) in [6, 6.07) is 17.2. The molecule has 0 saturated carbocycles. The number of nitrogens with one attached hydrogen (secondary N) is 2. The van der Waals surface area contributed by atoms with E-state index in [-0.39, 0.29) is 16.7 Å². The molecule has 0 aliphatic carbocycles. The minimum atomic E-state index is -3.94. The summed E-state index contributed by atoms with van der Waals surface area (Å²) >= 11 is 0. The van der Waals surface area contributed by atoms with Crippen LogP contribution in [0.4, 0.5) is 5.69 Å². The topological polar surface area (TPSA) is 166 Å². The highest BCUT2D eigenvalue weighted by molar-refractivity contribution is 7.92. The van der Waals surface area contributed by atoms with E-state index < -0.39 is 31.4 Å². The van der Waals surface area contributed by atoms with Gasteiger partial charge < -0.3 is 5.84 Å². The van der Waals surface area contributed by atoms with Gasteiger partial charge in [-0.25, -0.2) is 21.5 Å². The highest BCUT2D eigenvalue weighted by Crippen LogP contribution is 2.27. The number of nitrogens with two attached hydrogens (primary N) is 1. The van der Waals surface area contributed by atoms with Crippen LogP contribution in [0, 0.1) is 0 Å². The van der Waals surface area contributed by atoms with Crippen molar-refractivity contribution in [3.05, 3.63) is 78.5 Å². The Bertz CT molecular complexity index is 1430. The van der Waals surface area contributed by atoms with Crippen molar-refractivity contribution in [2.45, 2.75) is 16.5 Å². The number of nitrogens with zero attached hydrogens (tertiary/aromatic N) is 4. The molecule has 13 heteroatoms. The van der Waals surface area contributed by atoms with E-state index >= 15 is 0 Å². The summed E-state index contributed by atoms with van der Waals surface area (Å²) in [5, 5.41) is 13.8. The highest BCUT2D eigenvalue weighted by Gasteiger charge is 2.27. The molecule has 0 amide bonds. The second-order valence-corrected chi connectivity index (χ2v) is 10.5. The number of hydrogen-bond donors (Lipinski definition) is 3. The van der Waals surface area contributed by atoms with Gasteiger partial charge in [-0.15, -0.1) is 10.2 Å². The van der Waals surface area contributed by atoms with Crippen LogP contribution in [-0.2, 0) is 31.4 Å². The number of H-pyrrole nitrogens is 1. The largest absolute Gasteiger partial charge is 0.336 e. The van der Waals surface area contributed by atoms with Gasteiger partial charge in [0.1, 0.15) is 11.5 Å². The first-order valence-corrected chi connectivity index (χ1v) is 12.6. The molecule has 166 valence electrons. The molecular weight excluding hydrogens is 454 g/mol. The molecule has 0 unspecified atom stereocenters. The predicted molar refractivity (Wildman–Crippen MR) is 118 cm³/mol. The Morgan fingerprint density at radius 2 is 1.47 bits per heavy atom. The summed E-state index contributed by atoms with van der Waals surface area (Å²) in [4.78, 5) is 0. The number of aromatic nitrogens is 5. The minimum Gasteiger partial charge on any atom is -0.336 e. The lowest BCUT2D eigenvalue weighted by molar-refractivity contribution is 0.589. The molecular formula is C19H19N7O4S2. The van der Waals surface area contributed by atoms with Crippen molar-refractivity contribution < 1.29 is 16.8 Å². The molecule has 0 aliphatic rings. The molecule has 4 rings (SSSR count).